The lowest BCUT2D eigenvalue weighted by Gasteiger charge is -2.21. The third-order valence-corrected chi connectivity index (χ3v) is 7.93. The van der Waals surface area contributed by atoms with Crippen molar-refractivity contribution in [2.24, 2.45) is 0 Å². The molecule has 4 rings (SSSR count). The predicted molar refractivity (Wildman–Crippen MR) is 137 cm³/mol. The second kappa shape index (κ2) is 9.56. The fourth-order valence-corrected chi connectivity index (χ4v) is 5.94. The van der Waals surface area contributed by atoms with Gasteiger partial charge >= 0.3 is 0 Å². The molecule has 166 valence electrons. The molecule has 2 aromatic carbocycles. The van der Waals surface area contributed by atoms with Gasteiger partial charge in [0.2, 0.25) is 0 Å². The van der Waals surface area contributed by atoms with E-state index in [0.717, 1.165) is 3.57 Å². The van der Waals surface area contributed by atoms with E-state index < -0.39 is 15.9 Å². The van der Waals surface area contributed by atoms with E-state index in [-0.39, 0.29) is 22.7 Å². The molecule has 2 aliphatic heterocycles. The minimum atomic E-state index is -3.96. The fourth-order valence-electron chi connectivity index (χ4n) is 3.00. The van der Waals surface area contributed by atoms with Gasteiger partial charge in [-0.2, -0.15) is 0 Å². The summed E-state index contributed by atoms with van der Waals surface area (Å²) in [6.45, 7) is 0.160. The van der Waals surface area contributed by atoms with Crippen LogP contribution < -0.4 is 14.8 Å². The summed E-state index contributed by atoms with van der Waals surface area (Å²) in [4.78, 5) is 13.0. The molecule has 0 unspecified atom stereocenters. The minimum absolute atomic E-state index is 0.0932. The van der Waals surface area contributed by atoms with Crippen LogP contribution in [0.1, 0.15) is 15.9 Å². The van der Waals surface area contributed by atoms with Gasteiger partial charge in [-0.25, -0.2) is 8.42 Å². The number of carbonyl (C=O) groups excluding carboxylic acids is 1. The lowest BCUT2D eigenvalue weighted by molar-refractivity contribution is 0.0952. The zero-order valence-electron chi connectivity index (χ0n) is 16.1. The molecule has 2 aromatic rings. The van der Waals surface area contributed by atoms with Gasteiger partial charge in [-0.15, -0.1) is 0 Å². The molecule has 3 N–H and O–H groups in total. The molecule has 0 saturated heterocycles. The van der Waals surface area contributed by atoms with Crippen LogP contribution in [0.25, 0.3) is 0 Å². The molecule has 0 spiro atoms. The first-order valence-electron chi connectivity index (χ1n) is 9.10. The summed E-state index contributed by atoms with van der Waals surface area (Å²) in [6, 6.07) is 9.91. The average molecular weight is 621 g/mol. The maximum absolute atomic E-state index is 13.2. The number of sulfonamides is 1. The molecule has 0 radical (unpaired) electrons. The first kappa shape index (κ1) is 23.3. The molecule has 7 nitrogen and oxygen atoms in total. The van der Waals surface area contributed by atoms with Crippen molar-refractivity contribution >= 4 is 79.5 Å². The lowest BCUT2D eigenvalue weighted by atomic mass is 10.1. The smallest absolute Gasteiger partial charge is 0.264 e. The van der Waals surface area contributed by atoms with E-state index >= 15 is 0 Å². The van der Waals surface area contributed by atoms with E-state index in [2.05, 4.69) is 37.4 Å². The van der Waals surface area contributed by atoms with Crippen LogP contribution in [-0.4, -0.2) is 18.6 Å². The lowest BCUT2D eigenvalue weighted by Crippen LogP contribution is -2.26. The van der Waals surface area contributed by atoms with Gasteiger partial charge in [-0.1, -0.05) is 29.3 Å². The standard InChI is InChI=1S/C20H15Cl2IN4O3S2/c21-13-4-3-12(16(22)8-13)10-24-20(28)15-6-5-14(23)9-17(15)26-32(29,30)19-2-1-7-27-18(19)11-25-31-27/h1-9,11,25-26H,10H2,(H,24,28). The Morgan fingerprint density at radius 3 is 2.78 bits per heavy atom. The Morgan fingerprint density at radius 2 is 2.00 bits per heavy atom. The Morgan fingerprint density at radius 1 is 1.19 bits per heavy atom. The first-order chi connectivity index (χ1) is 15.2. The van der Waals surface area contributed by atoms with Gasteiger partial charge in [0.1, 0.15) is 4.91 Å². The highest BCUT2D eigenvalue weighted by Gasteiger charge is 2.30. The summed E-state index contributed by atoms with van der Waals surface area (Å²) in [5.41, 5.74) is 1.56. The maximum atomic E-state index is 13.2. The highest BCUT2D eigenvalue weighted by atomic mass is 127. The second-order valence-corrected chi connectivity index (χ2v) is 11.2. The molecular weight excluding hydrogens is 606 g/mol. The topological polar surface area (TPSA) is 90.5 Å². The van der Waals surface area contributed by atoms with Gasteiger partial charge < -0.3 is 10.0 Å². The number of hydrogen-bond acceptors (Lipinski definition) is 6. The highest BCUT2D eigenvalue weighted by Crippen LogP contribution is 2.34. The molecule has 0 bridgehead atoms. The number of benzene rings is 2. The molecule has 0 aromatic heterocycles. The van der Waals surface area contributed by atoms with Gasteiger partial charge in [0.05, 0.1) is 29.1 Å². The number of nitrogens with zero attached hydrogens (tertiary/aromatic N) is 1. The Labute approximate surface area is 213 Å². The van der Waals surface area contributed by atoms with Gasteiger partial charge in [0.15, 0.2) is 0 Å². The summed E-state index contributed by atoms with van der Waals surface area (Å²) in [5.74, 6) is -0.443. The van der Waals surface area contributed by atoms with Crippen LogP contribution in [0.3, 0.4) is 0 Å². The number of amides is 1. The van der Waals surface area contributed by atoms with Crippen molar-refractivity contribution in [1.82, 2.24) is 14.3 Å². The van der Waals surface area contributed by atoms with Crippen LogP contribution in [0.2, 0.25) is 10.0 Å². The highest BCUT2D eigenvalue weighted by molar-refractivity contribution is 14.1. The van der Waals surface area contributed by atoms with Crippen molar-refractivity contribution in [1.29, 1.82) is 0 Å². The number of hydrogen-bond donors (Lipinski definition) is 3. The van der Waals surface area contributed by atoms with E-state index in [1.807, 2.05) is 0 Å². The van der Waals surface area contributed by atoms with Crippen molar-refractivity contribution in [3.05, 3.63) is 96.3 Å². The van der Waals surface area contributed by atoms with E-state index in [4.69, 9.17) is 23.2 Å². The number of carbonyl (C=O) groups is 1. The quantitative estimate of drug-likeness (QED) is 0.311. The SMILES string of the molecule is O=C(NCc1ccc(Cl)cc1Cl)c1ccc(I)cc1NS(=O)(=O)C1=CC=CN2SNC=C12. The van der Waals surface area contributed by atoms with E-state index in [9.17, 15) is 13.2 Å². The summed E-state index contributed by atoms with van der Waals surface area (Å²) in [6.07, 6.45) is 6.51. The third-order valence-electron chi connectivity index (χ3n) is 4.52. The van der Waals surface area contributed by atoms with E-state index in [1.54, 1.807) is 59.2 Å². The van der Waals surface area contributed by atoms with Crippen LogP contribution in [0.15, 0.2) is 71.6 Å². The molecule has 12 heteroatoms. The summed E-state index contributed by atoms with van der Waals surface area (Å²) < 4.78 is 34.3. The average Bonchev–Trinajstić information content (AvgIpc) is 3.21. The summed E-state index contributed by atoms with van der Waals surface area (Å²) in [5, 5.41) is 3.70. The number of fused-ring (bicyclic) bond motifs is 1. The summed E-state index contributed by atoms with van der Waals surface area (Å²) in [7, 11) is -3.96. The fraction of sp³-hybridized carbons (Fsp3) is 0.0500. The molecule has 1 amide bonds. The molecular formula is C20H15Cl2IN4O3S2. The minimum Gasteiger partial charge on any atom is -0.348 e. The van der Waals surface area contributed by atoms with E-state index in [1.165, 1.54) is 18.2 Å². The second-order valence-electron chi connectivity index (χ2n) is 6.65. The number of anilines is 1. The Bertz CT molecular complexity index is 1300. The van der Waals surface area contributed by atoms with Crippen LogP contribution >= 0.6 is 57.9 Å². The number of halogens is 3. The Balaban J connectivity index is 1.57. The van der Waals surface area contributed by atoms with Gasteiger partial charge in [-0.05, 0) is 70.6 Å². The third kappa shape index (κ3) is 5.04. The van der Waals surface area contributed by atoms with Crippen molar-refractivity contribution in [3.8, 4) is 0 Å². The number of rotatable bonds is 6. The largest absolute Gasteiger partial charge is 0.348 e. The maximum Gasteiger partial charge on any atom is 0.264 e. The molecule has 0 aliphatic carbocycles. The van der Waals surface area contributed by atoms with Gasteiger partial charge in [0.25, 0.3) is 15.9 Å². The predicted octanol–water partition coefficient (Wildman–Crippen LogP) is 4.99. The van der Waals surface area contributed by atoms with Crippen molar-refractivity contribution in [3.63, 3.8) is 0 Å². The molecule has 0 atom stereocenters. The van der Waals surface area contributed by atoms with Crippen LogP contribution in [0.5, 0.6) is 0 Å². The zero-order chi connectivity index (χ0) is 22.9. The van der Waals surface area contributed by atoms with E-state index in [0.29, 0.717) is 21.3 Å². The number of nitrogens with one attached hydrogen (secondary N) is 3. The van der Waals surface area contributed by atoms with Crippen LogP contribution in [0.4, 0.5) is 5.69 Å². The van der Waals surface area contributed by atoms with Crippen molar-refractivity contribution in [2.45, 2.75) is 6.54 Å². The van der Waals surface area contributed by atoms with Crippen molar-refractivity contribution < 1.29 is 13.2 Å². The van der Waals surface area contributed by atoms with Crippen LogP contribution in [0, 0.1) is 3.57 Å². The molecule has 0 fully saturated rings. The normalized spacial score (nSPS) is 14.9. The monoisotopic (exact) mass is 620 g/mol. The van der Waals surface area contributed by atoms with Gasteiger partial charge in [-0.3, -0.25) is 13.8 Å². The Hall–Kier alpha value is -1.86. The Kier molecular flexibility index (Phi) is 6.96. The number of allylic oxidation sites excluding steroid dienone is 2. The summed E-state index contributed by atoms with van der Waals surface area (Å²) >= 11 is 15.4. The first-order valence-corrected chi connectivity index (χ1v) is 13.2. The molecule has 2 heterocycles. The zero-order valence-corrected chi connectivity index (χ0v) is 21.4. The molecule has 2 aliphatic rings. The van der Waals surface area contributed by atoms with Crippen molar-refractivity contribution in [2.75, 3.05) is 4.72 Å². The van der Waals surface area contributed by atoms with Crippen LogP contribution in [-0.2, 0) is 16.6 Å². The molecule has 32 heavy (non-hydrogen) atoms. The van der Waals surface area contributed by atoms with Gasteiger partial charge in [0, 0.05) is 32.6 Å². The molecule has 0 saturated carbocycles.